The lowest BCUT2D eigenvalue weighted by Gasteiger charge is -2.40. The number of nitrogens with zero attached hydrogens (tertiary/aromatic N) is 2. The van der Waals surface area contributed by atoms with Gasteiger partial charge in [0.05, 0.1) is 0 Å². The molecule has 1 aliphatic carbocycles. The van der Waals surface area contributed by atoms with Gasteiger partial charge in [-0.05, 0) is 38.2 Å². The molecule has 0 aromatic heterocycles. The summed E-state index contributed by atoms with van der Waals surface area (Å²) in [4.78, 5) is 33.1. The van der Waals surface area contributed by atoms with E-state index in [1.807, 2.05) is 61.5 Å². The third kappa shape index (κ3) is 3.57. The van der Waals surface area contributed by atoms with Crippen molar-refractivity contribution in [2.24, 2.45) is 10.7 Å². The van der Waals surface area contributed by atoms with Gasteiger partial charge < -0.3 is 5.73 Å². The maximum atomic E-state index is 13.7. The molecule has 0 bridgehead atoms. The number of carbonyl (C=O) groups is 2. The zero-order valence-electron chi connectivity index (χ0n) is 16.8. The smallest absolute Gasteiger partial charge is 0.275 e. The fraction of sp³-hybridized carbons (Fsp3) is 0.375. The van der Waals surface area contributed by atoms with Gasteiger partial charge in [-0.25, -0.2) is 0 Å². The fourth-order valence-electron chi connectivity index (χ4n) is 4.68. The molecule has 2 aliphatic rings. The molecule has 2 amide bonds. The summed E-state index contributed by atoms with van der Waals surface area (Å²) in [6, 6.07) is 16.4. The van der Waals surface area contributed by atoms with Gasteiger partial charge in [0, 0.05) is 5.56 Å². The molecule has 1 saturated carbocycles. The summed E-state index contributed by atoms with van der Waals surface area (Å²) in [6.45, 7) is 1.97. The number of aliphatic imine (C=N–C) groups is 1. The summed E-state index contributed by atoms with van der Waals surface area (Å²) in [6.07, 6.45) is 5.70. The molecule has 2 aromatic carbocycles. The van der Waals surface area contributed by atoms with Gasteiger partial charge in [-0.15, -0.1) is 0 Å². The van der Waals surface area contributed by atoms with E-state index in [0.717, 1.165) is 55.2 Å². The third-order valence-corrected chi connectivity index (χ3v) is 6.03. The minimum Gasteiger partial charge on any atom is -0.368 e. The summed E-state index contributed by atoms with van der Waals surface area (Å²) < 4.78 is 0. The van der Waals surface area contributed by atoms with E-state index in [0.29, 0.717) is 5.71 Å². The number of carbonyl (C=O) groups excluding carboxylic acids is 2. The molecule has 150 valence electrons. The molecule has 0 saturated heterocycles. The number of primary amides is 1. The first kappa shape index (κ1) is 19.4. The Kier molecular flexibility index (Phi) is 5.22. The minimum absolute atomic E-state index is 0.205. The zero-order chi connectivity index (χ0) is 20.4. The molecule has 1 atom stereocenters. The fourth-order valence-corrected chi connectivity index (χ4v) is 4.68. The van der Waals surface area contributed by atoms with Crippen LogP contribution in [0.5, 0.6) is 0 Å². The second kappa shape index (κ2) is 7.82. The Bertz CT molecular complexity index is 944. The van der Waals surface area contributed by atoms with E-state index in [1.54, 1.807) is 4.90 Å². The summed E-state index contributed by atoms with van der Waals surface area (Å²) in [5.41, 5.74) is 8.19. The topological polar surface area (TPSA) is 75.8 Å². The first-order valence-electron chi connectivity index (χ1n) is 10.4. The summed E-state index contributed by atoms with van der Waals surface area (Å²) >= 11 is 0. The van der Waals surface area contributed by atoms with Gasteiger partial charge in [0.2, 0.25) is 5.91 Å². The Hall–Kier alpha value is -2.95. The van der Waals surface area contributed by atoms with Crippen LogP contribution in [0.15, 0.2) is 59.6 Å². The van der Waals surface area contributed by atoms with E-state index < -0.39 is 17.6 Å². The van der Waals surface area contributed by atoms with Gasteiger partial charge in [0.15, 0.2) is 0 Å². The zero-order valence-corrected chi connectivity index (χ0v) is 16.8. The van der Waals surface area contributed by atoms with Crippen molar-refractivity contribution in [3.63, 3.8) is 0 Å². The van der Waals surface area contributed by atoms with Crippen molar-refractivity contribution in [3.05, 3.63) is 71.3 Å². The van der Waals surface area contributed by atoms with E-state index in [1.165, 1.54) is 0 Å². The number of benzene rings is 2. The molecule has 5 nitrogen and oxygen atoms in total. The lowest BCUT2D eigenvalue weighted by atomic mass is 9.94. The van der Waals surface area contributed by atoms with Crippen molar-refractivity contribution in [2.75, 3.05) is 0 Å². The number of hydrogen-bond acceptors (Lipinski definition) is 3. The van der Waals surface area contributed by atoms with Crippen LogP contribution in [-0.2, 0) is 9.59 Å². The molecule has 1 aliphatic heterocycles. The predicted octanol–water partition coefficient (Wildman–Crippen LogP) is 3.90. The van der Waals surface area contributed by atoms with E-state index in [4.69, 9.17) is 10.7 Å². The van der Waals surface area contributed by atoms with Gasteiger partial charge in [0.1, 0.15) is 17.4 Å². The summed E-state index contributed by atoms with van der Waals surface area (Å²) in [5.74, 6) is -0.722. The molecule has 1 unspecified atom stereocenters. The summed E-state index contributed by atoms with van der Waals surface area (Å²) in [5, 5.41) is 0. The quantitative estimate of drug-likeness (QED) is 0.861. The van der Waals surface area contributed by atoms with E-state index in [9.17, 15) is 9.59 Å². The molecule has 2 N–H and O–H groups in total. The number of aryl methyl sites for hydroxylation is 1. The monoisotopic (exact) mass is 389 g/mol. The standard InChI is InChI=1S/C24H27N3O2/c1-17-10-9-13-19(16-17)21(22(25)28)27-23(29)20(18-11-5-4-6-12-18)26-24(27)14-7-2-3-8-15-24/h4-6,9-13,16,21H,2-3,7-8,14-15H2,1H3,(H2,25,28). The second-order valence-electron chi connectivity index (χ2n) is 8.12. The second-order valence-corrected chi connectivity index (χ2v) is 8.12. The lowest BCUT2D eigenvalue weighted by Crippen LogP contribution is -2.52. The van der Waals surface area contributed by atoms with Crippen molar-refractivity contribution in [1.82, 2.24) is 4.90 Å². The molecule has 29 heavy (non-hydrogen) atoms. The first-order valence-corrected chi connectivity index (χ1v) is 10.4. The normalized spacial score (nSPS) is 19.7. The van der Waals surface area contributed by atoms with Gasteiger partial charge in [-0.3, -0.25) is 19.5 Å². The molecular formula is C24H27N3O2. The van der Waals surface area contributed by atoms with Crippen molar-refractivity contribution in [3.8, 4) is 0 Å². The van der Waals surface area contributed by atoms with Crippen LogP contribution in [0.4, 0.5) is 0 Å². The molecule has 2 aromatic rings. The van der Waals surface area contributed by atoms with Crippen molar-refractivity contribution >= 4 is 17.5 Å². The van der Waals surface area contributed by atoms with E-state index >= 15 is 0 Å². The first-order chi connectivity index (χ1) is 14.0. The van der Waals surface area contributed by atoms with Crippen LogP contribution in [-0.4, -0.2) is 28.1 Å². The highest BCUT2D eigenvalue weighted by Crippen LogP contribution is 2.43. The number of amides is 2. The van der Waals surface area contributed by atoms with Crippen LogP contribution < -0.4 is 5.73 Å². The van der Waals surface area contributed by atoms with Crippen LogP contribution >= 0.6 is 0 Å². The minimum atomic E-state index is -0.828. The van der Waals surface area contributed by atoms with Gasteiger partial charge in [0.25, 0.3) is 5.91 Å². The van der Waals surface area contributed by atoms with Crippen LogP contribution in [0.25, 0.3) is 0 Å². The highest BCUT2D eigenvalue weighted by Gasteiger charge is 2.51. The van der Waals surface area contributed by atoms with Crippen LogP contribution in [0.3, 0.4) is 0 Å². The van der Waals surface area contributed by atoms with Crippen molar-refractivity contribution in [1.29, 1.82) is 0 Å². The third-order valence-electron chi connectivity index (χ3n) is 6.03. The average Bonchev–Trinajstić information content (AvgIpc) is 2.85. The van der Waals surface area contributed by atoms with Crippen LogP contribution in [0.1, 0.15) is 61.3 Å². The van der Waals surface area contributed by atoms with Crippen molar-refractivity contribution in [2.45, 2.75) is 57.2 Å². The van der Waals surface area contributed by atoms with E-state index in [-0.39, 0.29) is 5.91 Å². The average molecular weight is 389 g/mol. The lowest BCUT2D eigenvalue weighted by molar-refractivity contribution is -0.140. The largest absolute Gasteiger partial charge is 0.368 e. The Morgan fingerprint density at radius 3 is 2.34 bits per heavy atom. The molecular weight excluding hydrogens is 362 g/mol. The summed E-state index contributed by atoms with van der Waals surface area (Å²) in [7, 11) is 0. The Labute approximate surface area is 171 Å². The Morgan fingerprint density at radius 1 is 1.03 bits per heavy atom. The maximum absolute atomic E-state index is 13.7. The number of hydrogen-bond donors (Lipinski definition) is 1. The highest BCUT2D eigenvalue weighted by molar-refractivity contribution is 6.47. The molecule has 4 rings (SSSR count). The molecule has 5 heteroatoms. The van der Waals surface area contributed by atoms with Gasteiger partial charge in [-0.1, -0.05) is 73.0 Å². The number of nitrogens with two attached hydrogens (primary N) is 1. The molecule has 0 radical (unpaired) electrons. The van der Waals surface area contributed by atoms with Crippen molar-refractivity contribution < 1.29 is 9.59 Å². The Balaban J connectivity index is 1.85. The van der Waals surface area contributed by atoms with Crippen LogP contribution in [0.2, 0.25) is 0 Å². The van der Waals surface area contributed by atoms with Gasteiger partial charge in [-0.2, -0.15) is 0 Å². The highest BCUT2D eigenvalue weighted by atomic mass is 16.2. The maximum Gasteiger partial charge on any atom is 0.275 e. The predicted molar refractivity (Wildman–Crippen MR) is 113 cm³/mol. The van der Waals surface area contributed by atoms with Gasteiger partial charge >= 0.3 is 0 Å². The molecule has 1 fully saturated rings. The van der Waals surface area contributed by atoms with Crippen LogP contribution in [0, 0.1) is 6.92 Å². The van der Waals surface area contributed by atoms with E-state index in [2.05, 4.69) is 0 Å². The Morgan fingerprint density at radius 2 is 1.72 bits per heavy atom. The SMILES string of the molecule is Cc1cccc(C(C(N)=O)N2C(=O)C(c3ccccc3)=NC23CCCCCC3)c1. The number of rotatable bonds is 4. The molecule has 1 spiro atoms. The molecule has 1 heterocycles.